The highest BCUT2D eigenvalue weighted by Crippen LogP contribution is 2.34. The standard InChI is InChI=1S/C16H29NO4/c1-15(2,3)21-14(20)17-11-16(4,5)10-9-12(17)7-6-8-13(18)19/h12H,6-11H2,1-5H3,(H,18,19). The normalized spacial score (nSPS) is 22.0. The van der Waals surface area contributed by atoms with Gasteiger partial charge < -0.3 is 14.7 Å². The van der Waals surface area contributed by atoms with Crippen LogP contribution < -0.4 is 0 Å². The first-order valence-electron chi connectivity index (χ1n) is 7.72. The van der Waals surface area contributed by atoms with Crippen LogP contribution in [0.1, 0.15) is 66.7 Å². The van der Waals surface area contributed by atoms with E-state index in [0.717, 1.165) is 19.3 Å². The van der Waals surface area contributed by atoms with Crippen molar-refractivity contribution < 1.29 is 19.4 Å². The molecule has 5 nitrogen and oxygen atoms in total. The molecular weight excluding hydrogens is 270 g/mol. The molecule has 0 aromatic carbocycles. The molecule has 1 fully saturated rings. The highest BCUT2D eigenvalue weighted by atomic mass is 16.6. The molecular formula is C16H29NO4. The molecule has 0 bridgehead atoms. The monoisotopic (exact) mass is 299 g/mol. The number of hydrogen-bond donors (Lipinski definition) is 1. The minimum atomic E-state index is -0.782. The van der Waals surface area contributed by atoms with Gasteiger partial charge in [-0.3, -0.25) is 4.79 Å². The Morgan fingerprint density at radius 1 is 1.33 bits per heavy atom. The number of ether oxygens (including phenoxy) is 1. The summed E-state index contributed by atoms with van der Waals surface area (Å²) < 4.78 is 5.50. The van der Waals surface area contributed by atoms with E-state index in [-0.39, 0.29) is 24.0 Å². The number of likely N-dealkylation sites (tertiary alicyclic amines) is 1. The third-order valence-electron chi connectivity index (χ3n) is 3.75. The van der Waals surface area contributed by atoms with E-state index in [1.807, 2.05) is 20.8 Å². The van der Waals surface area contributed by atoms with Crippen LogP contribution in [-0.2, 0) is 9.53 Å². The van der Waals surface area contributed by atoms with Gasteiger partial charge in [0.15, 0.2) is 0 Å². The molecule has 1 aliphatic heterocycles. The zero-order valence-electron chi connectivity index (χ0n) is 13.9. The number of amides is 1. The summed E-state index contributed by atoms with van der Waals surface area (Å²) in [6, 6.07) is 0.0900. The van der Waals surface area contributed by atoms with Crippen LogP contribution >= 0.6 is 0 Å². The van der Waals surface area contributed by atoms with E-state index < -0.39 is 11.6 Å². The molecule has 0 aromatic rings. The zero-order valence-corrected chi connectivity index (χ0v) is 13.9. The van der Waals surface area contributed by atoms with E-state index >= 15 is 0 Å². The highest BCUT2D eigenvalue weighted by Gasteiger charge is 2.37. The summed E-state index contributed by atoms with van der Waals surface area (Å²) >= 11 is 0. The Balaban J connectivity index is 2.70. The lowest BCUT2D eigenvalue weighted by atomic mass is 9.80. The van der Waals surface area contributed by atoms with E-state index in [0.29, 0.717) is 13.0 Å². The van der Waals surface area contributed by atoms with Gasteiger partial charge in [-0.1, -0.05) is 13.8 Å². The van der Waals surface area contributed by atoms with Crippen LogP contribution in [0.3, 0.4) is 0 Å². The Labute approximate surface area is 127 Å². The van der Waals surface area contributed by atoms with Crippen LogP contribution in [-0.4, -0.2) is 40.3 Å². The van der Waals surface area contributed by atoms with Crippen LogP contribution in [0.4, 0.5) is 4.79 Å². The second kappa shape index (κ2) is 6.67. The van der Waals surface area contributed by atoms with Crippen molar-refractivity contribution in [3.63, 3.8) is 0 Å². The van der Waals surface area contributed by atoms with Gasteiger partial charge in [0.25, 0.3) is 0 Å². The number of piperidine rings is 1. The topological polar surface area (TPSA) is 66.8 Å². The first kappa shape index (κ1) is 17.8. The summed E-state index contributed by atoms with van der Waals surface area (Å²) in [6.45, 7) is 10.5. The third kappa shape index (κ3) is 6.36. The van der Waals surface area contributed by atoms with Gasteiger partial charge in [-0.25, -0.2) is 4.79 Å². The Hall–Kier alpha value is -1.26. The molecule has 1 atom stereocenters. The molecule has 0 radical (unpaired) electrons. The molecule has 122 valence electrons. The molecule has 1 N–H and O–H groups in total. The lowest BCUT2D eigenvalue weighted by molar-refractivity contribution is -0.137. The zero-order chi connectivity index (χ0) is 16.3. The van der Waals surface area contributed by atoms with Crippen molar-refractivity contribution in [3.05, 3.63) is 0 Å². The van der Waals surface area contributed by atoms with Crippen LogP contribution in [0.2, 0.25) is 0 Å². The Bertz CT molecular complexity index is 384. The molecule has 0 aromatic heterocycles. The molecule has 0 saturated carbocycles. The van der Waals surface area contributed by atoms with Gasteiger partial charge in [-0.15, -0.1) is 0 Å². The summed E-state index contributed by atoms with van der Waals surface area (Å²) in [5.41, 5.74) is -0.426. The van der Waals surface area contributed by atoms with Gasteiger partial charge >= 0.3 is 12.1 Å². The Morgan fingerprint density at radius 2 is 1.95 bits per heavy atom. The molecule has 1 heterocycles. The summed E-state index contributed by atoms with van der Waals surface area (Å²) in [6.07, 6.45) is 3.15. The van der Waals surface area contributed by atoms with E-state index in [2.05, 4.69) is 13.8 Å². The predicted molar refractivity (Wildman–Crippen MR) is 81.2 cm³/mol. The largest absolute Gasteiger partial charge is 0.481 e. The van der Waals surface area contributed by atoms with Gasteiger partial charge in [-0.05, 0) is 51.9 Å². The van der Waals surface area contributed by atoms with Crippen LogP contribution in [0.5, 0.6) is 0 Å². The van der Waals surface area contributed by atoms with Crippen molar-refractivity contribution in [2.24, 2.45) is 5.41 Å². The lowest BCUT2D eigenvalue weighted by Gasteiger charge is -2.44. The summed E-state index contributed by atoms with van der Waals surface area (Å²) in [5, 5.41) is 8.75. The first-order chi connectivity index (χ1) is 9.50. The van der Waals surface area contributed by atoms with E-state index in [1.54, 1.807) is 4.90 Å². The number of aliphatic carboxylic acids is 1. The van der Waals surface area contributed by atoms with Gasteiger partial charge in [0.1, 0.15) is 5.60 Å². The predicted octanol–water partition coefficient (Wildman–Crippen LogP) is 3.67. The van der Waals surface area contributed by atoms with Crippen molar-refractivity contribution in [2.75, 3.05) is 6.54 Å². The van der Waals surface area contributed by atoms with E-state index in [1.165, 1.54) is 0 Å². The highest BCUT2D eigenvalue weighted by molar-refractivity contribution is 5.69. The fourth-order valence-electron chi connectivity index (χ4n) is 2.71. The van der Waals surface area contributed by atoms with Gasteiger partial charge in [0.05, 0.1) is 0 Å². The lowest BCUT2D eigenvalue weighted by Crippen LogP contribution is -2.51. The van der Waals surface area contributed by atoms with Gasteiger partial charge in [0, 0.05) is 19.0 Å². The molecule has 1 unspecified atom stereocenters. The molecule has 1 amide bonds. The third-order valence-corrected chi connectivity index (χ3v) is 3.75. The van der Waals surface area contributed by atoms with Gasteiger partial charge in [0.2, 0.25) is 0 Å². The molecule has 5 heteroatoms. The van der Waals surface area contributed by atoms with Crippen LogP contribution in [0.15, 0.2) is 0 Å². The van der Waals surface area contributed by atoms with E-state index in [4.69, 9.17) is 9.84 Å². The number of nitrogens with zero attached hydrogens (tertiary/aromatic N) is 1. The minimum absolute atomic E-state index is 0.0835. The van der Waals surface area contributed by atoms with Crippen molar-refractivity contribution in [2.45, 2.75) is 78.4 Å². The minimum Gasteiger partial charge on any atom is -0.481 e. The maximum Gasteiger partial charge on any atom is 0.410 e. The maximum atomic E-state index is 12.4. The second-order valence-electron chi connectivity index (χ2n) is 7.75. The number of carboxylic acids is 1. The fourth-order valence-corrected chi connectivity index (χ4v) is 2.71. The average molecular weight is 299 g/mol. The Kier molecular flexibility index (Phi) is 5.65. The van der Waals surface area contributed by atoms with Gasteiger partial charge in [-0.2, -0.15) is 0 Å². The van der Waals surface area contributed by atoms with Crippen molar-refractivity contribution in [3.8, 4) is 0 Å². The number of hydrogen-bond acceptors (Lipinski definition) is 3. The Morgan fingerprint density at radius 3 is 2.48 bits per heavy atom. The number of carboxylic acid groups (broad SMARTS) is 1. The van der Waals surface area contributed by atoms with Crippen molar-refractivity contribution >= 4 is 12.1 Å². The first-order valence-corrected chi connectivity index (χ1v) is 7.72. The number of rotatable bonds is 4. The molecule has 1 rings (SSSR count). The number of carbonyl (C=O) groups is 2. The summed E-state index contributed by atoms with van der Waals surface area (Å²) in [4.78, 5) is 24.8. The van der Waals surface area contributed by atoms with Crippen molar-refractivity contribution in [1.29, 1.82) is 0 Å². The summed E-state index contributed by atoms with van der Waals surface area (Å²) in [5.74, 6) is -0.782. The van der Waals surface area contributed by atoms with Crippen LogP contribution in [0, 0.1) is 5.41 Å². The fraction of sp³-hybridized carbons (Fsp3) is 0.875. The van der Waals surface area contributed by atoms with E-state index in [9.17, 15) is 9.59 Å². The molecule has 0 aliphatic carbocycles. The average Bonchev–Trinajstić information content (AvgIpc) is 2.27. The second-order valence-corrected chi connectivity index (χ2v) is 7.75. The smallest absolute Gasteiger partial charge is 0.410 e. The number of carbonyl (C=O) groups excluding carboxylic acids is 1. The molecule has 1 saturated heterocycles. The molecule has 21 heavy (non-hydrogen) atoms. The SMILES string of the molecule is CC1(C)CCC(CCCC(=O)O)N(C(=O)OC(C)(C)C)C1. The van der Waals surface area contributed by atoms with Crippen molar-refractivity contribution in [1.82, 2.24) is 4.90 Å². The summed E-state index contributed by atoms with van der Waals surface area (Å²) in [7, 11) is 0. The molecule has 1 aliphatic rings. The molecule has 0 spiro atoms. The maximum absolute atomic E-state index is 12.4. The quantitative estimate of drug-likeness (QED) is 0.860. The van der Waals surface area contributed by atoms with Crippen LogP contribution in [0.25, 0.3) is 0 Å².